The molecule has 0 radical (unpaired) electrons. The van der Waals surface area contributed by atoms with Crippen molar-refractivity contribution in [2.75, 3.05) is 0 Å². The molecule has 0 saturated heterocycles. The van der Waals surface area contributed by atoms with E-state index in [2.05, 4.69) is 36.4 Å². The summed E-state index contributed by atoms with van der Waals surface area (Å²) in [5.74, 6) is 1.74. The van der Waals surface area contributed by atoms with E-state index in [1.54, 1.807) is 6.07 Å². The Morgan fingerprint density at radius 3 is 2.55 bits per heavy atom. The zero-order valence-corrected chi connectivity index (χ0v) is 13.6. The summed E-state index contributed by atoms with van der Waals surface area (Å²) in [7, 11) is 0. The molecular formula is C19H18O2S. The van der Waals surface area contributed by atoms with Crippen LogP contribution in [0.3, 0.4) is 0 Å². The molecule has 0 N–H and O–H groups in total. The van der Waals surface area contributed by atoms with Crippen LogP contribution in [0.4, 0.5) is 0 Å². The molecule has 0 atom stereocenters. The van der Waals surface area contributed by atoms with Crippen LogP contribution in [-0.2, 0) is 11.5 Å². The molecule has 0 aliphatic heterocycles. The Labute approximate surface area is 134 Å². The lowest BCUT2D eigenvalue weighted by molar-refractivity contribution is 0.557. The van der Waals surface area contributed by atoms with Crippen molar-refractivity contribution in [3.05, 3.63) is 81.2 Å². The molecule has 0 amide bonds. The molecule has 3 heteroatoms. The van der Waals surface area contributed by atoms with Crippen molar-refractivity contribution >= 4 is 22.7 Å². The Bertz CT molecular complexity index is 850. The van der Waals surface area contributed by atoms with Gasteiger partial charge in [0.15, 0.2) is 0 Å². The summed E-state index contributed by atoms with van der Waals surface area (Å²) in [4.78, 5) is 11.8. The molecule has 3 rings (SSSR count). The third-order valence-electron chi connectivity index (χ3n) is 3.89. The van der Waals surface area contributed by atoms with Crippen LogP contribution in [0.5, 0.6) is 0 Å². The minimum absolute atomic E-state index is 0.267. The first-order valence-corrected chi connectivity index (χ1v) is 8.45. The summed E-state index contributed by atoms with van der Waals surface area (Å²) in [6.45, 7) is 4.03. The van der Waals surface area contributed by atoms with Gasteiger partial charge >= 0.3 is 5.63 Å². The SMILES string of the molecule is Cc1ccc2c(CSCc3ccccc3)cc(=O)oc2c1C. The van der Waals surface area contributed by atoms with Gasteiger partial charge in [-0.3, -0.25) is 0 Å². The summed E-state index contributed by atoms with van der Waals surface area (Å²) in [6.07, 6.45) is 0. The van der Waals surface area contributed by atoms with Crippen LogP contribution >= 0.6 is 11.8 Å². The number of aryl methyl sites for hydroxylation is 2. The number of hydrogen-bond acceptors (Lipinski definition) is 3. The molecule has 3 aromatic rings. The second kappa shape index (κ2) is 6.41. The quantitative estimate of drug-likeness (QED) is 0.646. The summed E-state index contributed by atoms with van der Waals surface area (Å²) >= 11 is 1.81. The molecule has 0 aliphatic carbocycles. The average molecular weight is 310 g/mol. The van der Waals surface area contributed by atoms with Gasteiger partial charge < -0.3 is 4.42 Å². The normalized spacial score (nSPS) is 11.0. The van der Waals surface area contributed by atoms with Crippen LogP contribution in [0.1, 0.15) is 22.3 Å². The Hall–Kier alpha value is -2.00. The lowest BCUT2D eigenvalue weighted by atomic mass is 10.0. The molecule has 1 heterocycles. The zero-order chi connectivity index (χ0) is 15.5. The van der Waals surface area contributed by atoms with Gasteiger partial charge in [0.1, 0.15) is 5.58 Å². The third-order valence-corrected chi connectivity index (χ3v) is 4.94. The van der Waals surface area contributed by atoms with E-state index in [9.17, 15) is 4.79 Å². The van der Waals surface area contributed by atoms with Gasteiger partial charge in [0.25, 0.3) is 0 Å². The summed E-state index contributed by atoms with van der Waals surface area (Å²) in [6, 6.07) is 16.1. The Kier molecular flexibility index (Phi) is 4.34. The predicted molar refractivity (Wildman–Crippen MR) is 93.4 cm³/mol. The van der Waals surface area contributed by atoms with E-state index >= 15 is 0 Å². The van der Waals surface area contributed by atoms with Crippen molar-refractivity contribution in [3.8, 4) is 0 Å². The van der Waals surface area contributed by atoms with Gasteiger partial charge in [-0.15, -0.1) is 0 Å². The molecule has 22 heavy (non-hydrogen) atoms. The van der Waals surface area contributed by atoms with Crippen molar-refractivity contribution in [2.45, 2.75) is 25.4 Å². The van der Waals surface area contributed by atoms with Crippen molar-refractivity contribution in [1.82, 2.24) is 0 Å². The van der Waals surface area contributed by atoms with Gasteiger partial charge in [0.05, 0.1) is 0 Å². The number of benzene rings is 2. The van der Waals surface area contributed by atoms with Crippen LogP contribution in [0.25, 0.3) is 11.0 Å². The standard InChI is InChI=1S/C19H18O2S/c1-13-8-9-17-16(10-18(20)21-19(17)14(13)2)12-22-11-15-6-4-3-5-7-15/h3-10H,11-12H2,1-2H3. The Morgan fingerprint density at radius 1 is 1.00 bits per heavy atom. The monoisotopic (exact) mass is 310 g/mol. The van der Waals surface area contributed by atoms with Gasteiger partial charge in [0.2, 0.25) is 0 Å². The van der Waals surface area contributed by atoms with E-state index in [0.29, 0.717) is 0 Å². The molecule has 2 nitrogen and oxygen atoms in total. The highest BCUT2D eigenvalue weighted by Gasteiger charge is 2.09. The van der Waals surface area contributed by atoms with E-state index in [1.807, 2.05) is 31.7 Å². The zero-order valence-electron chi connectivity index (χ0n) is 12.8. The molecular weight excluding hydrogens is 292 g/mol. The Balaban J connectivity index is 1.87. The van der Waals surface area contributed by atoms with Crippen molar-refractivity contribution < 1.29 is 4.42 Å². The van der Waals surface area contributed by atoms with Gasteiger partial charge in [-0.2, -0.15) is 11.8 Å². The maximum absolute atomic E-state index is 11.8. The van der Waals surface area contributed by atoms with Gasteiger partial charge in [-0.25, -0.2) is 4.79 Å². The highest BCUT2D eigenvalue weighted by Crippen LogP contribution is 2.26. The number of fused-ring (bicyclic) bond motifs is 1. The molecule has 112 valence electrons. The van der Waals surface area contributed by atoms with Crippen molar-refractivity contribution in [3.63, 3.8) is 0 Å². The van der Waals surface area contributed by atoms with Crippen molar-refractivity contribution in [2.24, 2.45) is 0 Å². The van der Waals surface area contributed by atoms with Gasteiger partial charge in [0, 0.05) is 23.0 Å². The summed E-state index contributed by atoms with van der Waals surface area (Å²) < 4.78 is 5.41. The molecule has 0 spiro atoms. The molecule has 0 saturated carbocycles. The first-order chi connectivity index (χ1) is 10.6. The topological polar surface area (TPSA) is 30.2 Å². The molecule has 0 aliphatic rings. The fraction of sp³-hybridized carbons (Fsp3) is 0.211. The average Bonchev–Trinajstić information content (AvgIpc) is 2.52. The summed E-state index contributed by atoms with van der Waals surface area (Å²) in [5.41, 5.74) is 5.00. The number of hydrogen-bond donors (Lipinski definition) is 0. The molecule has 0 unspecified atom stereocenters. The van der Waals surface area contributed by atoms with Gasteiger partial charge in [-0.05, 0) is 36.1 Å². The highest BCUT2D eigenvalue weighted by molar-refractivity contribution is 7.97. The number of thioether (sulfide) groups is 1. The fourth-order valence-electron chi connectivity index (χ4n) is 2.50. The molecule has 2 aromatic carbocycles. The maximum Gasteiger partial charge on any atom is 0.336 e. The lowest BCUT2D eigenvalue weighted by Crippen LogP contribution is -2.01. The largest absolute Gasteiger partial charge is 0.422 e. The van der Waals surface area contributed by atoms with Crippen LogP contribution in [0.15, 0.2) is 57.7 Å². The second-order valence-electron chi connectivity index (χ2n) is 5.45. The minimum atomic E-state index is -0.267. The first-order valence-electron chi connectivity index (χ1n) is 7.30. The van der Waals surface area contributed by atoms with Crippen LogP contribution in [0.2, 0.25) is 0 Å². The molecule has 0 fully saturated rings. The summed E-state index contributed by atoms with van der Waals surface area (Å²) in [5, 5.41) is 1.04. The second-order valence-corrected chi connectivity index (χ2v) is 6.44. The lowest BCUT2D eigenvalue weighted by Gasteiger charge is -2.09. The third kappa shape index (κ3) is 3.09. The number of rotatable bonds is 4. The smallest absolute Gasteiger partial charge is 0.336 e. The van der Waals surface area contributed by atoms with Crippen LogP contribution in [-0.4, -0.2) is 0 Å². The van der Waals surface area contributed by atoms with E-state index in [4.69, 9.17) is 4.42 Å². The van der Waals surface area contributed by atoms with E-state index in [1.165, 1.54) is 5.56 Å². The minimum Gasteiger partial charge on any atom is -0.422 e. The van der Waals surface area contributed by atoms with E-state index < -0.39 is 0 Å². The molecule has 0 bridgehead atoms. The van der Waals surface area contributed by atoms with Crippen LogP contribution < -0.4 is 5.63 Å². The van der Waals surface area contributed by atoms with Crippen LogP contribution in [0, 0.1) is 13.8 Å². The first kappa shape index (κ1) is 14.9. The van der Waals surface area contributed by atoms with Crippen molar-refractivity contribution in [1.29, 1.82) is 0 Å². The Morgan fingerprint density at radius 2 is 1.77 bits per heavy atom. The van der Waals surface area contributed by atoms with Gasteiger partial charge in [-0.1, -0.05) is 42.5 Å². The fourth-order valence-corrected chi connectivity index (χ4v) is 3.49. The van der Waals surface area contributed by atoms with E-state index in [0.717, 1.165) is 39.2 Å². The maximum atomic E-state index is 11.8. The predicted octanol–water partition coefficient (Wildman–Crippen LogP) is 4.84. The van der Waals surface area contributed by atoms with E-state index in [-0.39, 0.29) is 5.63 Å². The highest BCUT2D eigenvalue weighted by atomic mass is 32.2. The molecule has 1 aromatic heterocycles.